The minimum atomic E-state index is -0.267. The number of rotatable bonds is 2. The summed E-state index contributed by atoms with van der Waals surface area (Å²) < 4.78 is 15.9. The van der Waals surface area contributed by atoms with Crippen molar-refractivity contribution in [2.75, 3.05) is 6.26 Å². The van der Waals surface area contributed by atoms with Crippen molar-refractivity contribution in [1.82, 2.24) is 9.55 Å². The van der Waals surface area contributed by atoms with Gasteiger partial charge in [-0.25, -0.2) is 4.39 Å². The monoisotopic (exact) mass is 290 g/mol. The van der Waals surface area contributed by atoms with Gasteiger partial charge in [0, 0.05) is 11.0 Å². The molecule has 0 amide bonds. The number of halogens is 1. The quantitative estimate of drug-likeness (QED) is 0.552. The summed E-state index contributed by atoms with van der Waals surface area (Å²) in [6, 6.07) is 12.6. The summed E-state index contributed by atoms with van der Waals surface area (Å²) in [6.45, 7) is 0. The van der Waals surface area contributed by atoms with Gasteiger partial charge in [0.05, 0.1) is 16.7 Å². The smallest absolute Gasteiger partial charge is 0.182 e. The summed E-state index contributed by atoms with van der Waals surface area (Å²) in [4.78, 5) is 4.21. The minimum absolute atomic E-state index is 0.267. The number of nitrogens with zero attached hydrogens (tertiary/aromatic N) is 1. The van der Waals surface area contributed by atoms with Crippen LogP contribution in [-0.4, -0.2) is 15.8 Å². The van der Waals surface area contributed by atoms with Gasteiger partial charge in [-0.1, -0.05) is 12.1 Å². The predicted molar refractivity (Wildman–Crippen MR) is 80.2 cm³/mol. The minimum Gasteiger partial charge on any atom is -0.330 e. The zero-order chi connectivity index (χ0) is 13.4. The number of H-pyrrole nitrogens is 1. The molecule has 19 heavy (non-hydrogen) atoms. The first-order valence-electron chi connectivity index (χ1n) is 5.74. The van der Waals surface area contributed by atoms with E-state index in [9.17, 15) is 4.39 Å². The topological polar surface area (TPSA) is 20.7 Å². The van der Waals surface area contributed by atoms with Gasteiger partial charge in [-0.3, -0.25) is 4.57 Å². The molecule has 0 radical (unpaired) electrons. The molecule has 0 bridgehead atoms. The Morgan fingerprint density at radius 2 is 2.00 bits per heavy atom. The molecule has 0 fully saturated rings. The first-order chi connectivity index (χ1) is 9.20. The Kier molecular flexibility index (Phi) is 3.16. The summed E-state index contributed by atoms with van der Waals surface area (Å²) in [5.41, 5.74) is 2.56. The number of aromatic amines is 1. The summed E-state index contributed by atoms with van der Waals surface area (Å²) in [5, 5.41) is 0. The number of fused-ring (bicyclic) bond motifs is 1. The largest absolute Gasteiger partial charge is 0.330 e. The van der Waals surface area contributed by atoms with Crippen LogP contribution in [0.4, 0.5) is 4.39 Å². The van der Waals surface area contributed by atoms with Gasteiger partial charge in [0.1, 0.15) is 5.82 Å². The van der Waals surface area contributed by atoms with E-state index in [1.165, 1.54) is 12.1 Å². The van der Waals surface area contributed by atoms with E-state index in [2.05, 4.69) is 4.98 Å². The predicted octanol–water partition coefficient (Wildman–Crippen LogP) is 4.55. The Balaban J connectivity index is 2.39. The Hall–Kier alpha value is -1.59. The van der Waals surface area contributed by atoms with E-state index < -0.39 is 0 Å². The van der Waals surface area contributed by atoms with Gasteiger partial charge in [0.25, 0.3) is 0 Å². The molecule has 2 aromatic carbocycles. The first kappa shape index (κ1) is 12.4. The van der Waals surface area contributed by atoms with Crippen molar-refractivity contribution in [3.05, 3.63) is 53.1 Å². The summed E-state index contributed by atoms with van der Waals surface area (Å²) in [7, 11) is 0. The highest BCUT2D eigenvalue weighted by molar-refractivity contribution is 7.98. The average Bonchev–Trinajstić information content (AvgIpc) is 2.74. The zero-order valence-electron chi connectivity index (χ0n) is 10.2. The van der Waals surface area contributed by atoms with E-state index >= 15 is 0 Å². The van der Waals surface area contributed by atoms with Crippen LogP contribution >= 0.6 is 24.0 Å². The lowest BCUT2D eigenvalue weighted by atomic mass is 10.2. The van der Waals surface area contributed by atoms with Gasteiger partial charge in [0.15, 0.2) is 4.77 Å². The van der Waals surface area contributed by atoms with Crippen LogP contribution in [0.3, 0.4) is 0 Å². The molecular formula is C14H11FN2S2. The number of hydrogen-bond donors (Lipinski definition) is 1. The van der Waals surface area contributed by atoms with E-state index in [1.807, 2.05) is 35.1 Å². The molecule has 0 saturated carbocycles. The highest BCUT2D eigenvalue weighted by Gasteiger charge is 2.10. The second-order valence-corrected chi connectivity index (χ2v) is 5.33. The number of nitrogens with one attached hydrogen (secondary N) is 1. The van der Waals surface area contributed by atoms with Crippen molar-refractivity contribution in [3.63, 3.8) is 0 Å². The molecule has 96 valence electrons. The number of imidazole rings is 1. The Bertz CT molecular complexity index is 805. The number of benzene rings is 2. The molecule has 0 aliphatic heterocycles. The highest BCUT2D eigenvalue weighted by Crippen LogP contribution is 2.27. The number of aromatic nitrogens is 2. The van der Waals surface area contributed by atoms with Crippen molar-refractivity contribution < 1.29 is 4.39 Å². The molecule has 2 nitrogen and oxygen atoms in total. The fourth-order valence-corrected chi connectivity index (χ4v) is 3.02. The fourth-order valence-electron chi connectivity index (χ4n) is 2.13. The van der Waals surface area contributed by atoms with E-state index in [4.69, 9.17) is 12.2 Å². The number of thioether (sulfide) groups is 1. The molecule has 0 atom stereocenters. The van der Waals surface area contributed by atoms with Crippen LogP contribution in [0.1, 0.15) is 0 Å². The molecule has 5 heteroatoms. The lowest BCUT2D eigenvalue weighted by Gasteiger charge is -2.09. The Morgan fingerprint density at radius 3 is 2.79 bits per heavy atom. The first-order valence-corrected chi connectivity index (χ1v) is 7.37. The van der Waals surface area contributed by atoms with Gasteiger partial charge >= 0.3 is 0 Å². The Labute approximate surface area is 119 Å². The van der Waals surface area contributed by atoms with Crippen LogP contribution in [0.2, 0.25) is 0 Å². The van der Waals surface area contributed by atoms with Crippen molar-refractivity contribution in [2.45, 2.75) is 4.90 Å². The third-order valence-corrected chi connectivity index (χ3v) is 4.04. The molecule has 3 rings (SSSR count). The number of hydrogen-bond acceptors (Lipinski definition) is 2. The van der Waals surface area contributed by atoms with Crippen molar-refractivity contribution >= 4 is 35.0 Å². The van der Waals surface area contributed by atoms with Crippen LogP contribution in [-0.2, 0) is 0 Å². The van der Waals surface area contributed by atoms with Gasteiger partial charge in [-0.2, -0.15) is 0 Å². The van der Waals surface area contributed by atoms with Gasteiger partial charge in [-0.15, -0.1) is 11.8 Å². The van der Waals surface area contributed by atoms with E-state index in [0.29, 0.717) is 4.77 Å². The molecular weight excluding hydrogens is 279 g/mol. The SMILES string of the molecule is CSc1ccccc1-n1c(=S)[nH]c2ccc(F)cc21. The van der Waals surface area contributed by atoms with Crippen LogP contribution in [0, 0.1) is 10.6 Å². The molecule has 0 spiro atoms. The molecule has 0 unspecified atom stereocenters. The van der Waals surface area contributed by atoms with E-state index in [1.54, 1.807) is 17.8 Å². The van der Waals surface area contributed by atoms with Gasteiger partial charge < -0.3 is 4.98 Å². The van der Waals surface area contributed by atoms with Gasteiger partial charge in [-0.05, 0) is 42.7 Å². The van der Waals surface area contributed by atoms with Crippen LogP contribution in [0.15, 0.2) is 47.4 Å². The molecule has 3 aromatic rings. The van der Waals surface area contributed by atoms with Gasteiger partial charge in [0.2, 0.25) is 0 Å². The van der Waals surface area contributed by atoms with Crippen molar-refractivity contribution in [2.24, 2.45) is 0 Å². The molecule has 0 aliphatic carbocycles. The molecule has 1 heterocycles. The van der Waals surface area contributed by atoms with Crippen molar-refractivity contribution in [3.8, 4) is 5.69 Å². The second kappa shape index (κ2) is 4.83. The van der Waals surface area contributed by atoms with E-state index in [-0.39, 0.29) is 5.82 Å². The second-order valence-electron chi connectivity index (χ2n) is 4.10. The summed E-state index contributed by atoms with van der Waals surface area (Å²) >= 11 is 7.00. The summed E-state index contributed by atoms with van der Waals surface area (Å²) in [5.74, 6) is -0.267. The Morgan fingerprint density at radius 1 is 1.21 bits per heavy atom. The molecule has 0 saturated heterocycles. The third-order valence-electron chi connectivity index (χ3n) is 2.97. The molecule has 1 N–H and O–H groups in total. The fraction of sp³-hybridized carbons (Fsp3) is 0.0714. The average molecular weight is 290 g/mol. The normalized spacial score (nSPS) is 11.1. The van der Waals surface area contributed by atoms with Crippen molar-refractivity contribution in [1.29, 1.82) is 0 Å². The maximum absolute atomic E-state index is 13.5. The third kappa shape index (κ3) is 2.09. The van der Waals surface area contributed by atoms with Crippen LogP contribution in [0.25, 0.3) is 16.7 Å². The molecule has 1 aromatic heterocycles. The molecule has 0 aliphatic rings. The maximum Gasteiger partial charge on any atom is 0.182 e. The lowest BCUT2D eigenvalue weighted by Crippen LogP contribution is -1.96. The zero-order valence-corrected chi connectivity index (χ0v) is 11.8. The van der Waals surface area contributed by atoms with Crippen LogP contribution in [0.5, 0.6) is 0 Å². The van der Waals surface area contributed by atoms with E-state index in [0.717, 1.165) is 21.6 Å². The van der Waals surface area contributed by atoms with Crippen LogP contribution < -0.4 is 0 Å². The standard InChI is InChI=1S/C14H11FN2S2/c1-19-13-5-3-2-4-11(13)17-12-8-9(15)6-7-10(12)16-14(17)18/h2-8H,1H3,(H,16,18). The maximum atomic E-state index is 13.5. The highest BCUT2D eigenvalue weighted by atomic mass is 32.2. The lowest BCUT2D eigenvalue weighted by molar-refractivity contribution is 0.629. The summed E-state index contributed by atoms with van der Waals surface area (Å²) in [6.07, 6.45) is 2.01. The number of para-hydroxylation sites is 1.